The molecule has 6 heteroatoms. The van der Waals surface area contributed by atoms with Crippen molar-refractivity contribution in [2.75, 3.05) is 0 Å². The van der Waals surface area contributed by atoms with E-state index >= 15 is 0 Å². The maximum atomic E-state index is 9.71. The average molecular weight is 412 g/mol. The minimum absolute atomic E-state index is 0.537. The van der Waals surface area contributed by atoms with Crippen LogP contribution in [0.15, 0.2) is 75.9 Å². The highest BCUT2D eigenvalue weighted by Gasteiger charge is 2.13. The molecule has 0 radical (unpaired) electrons. The first kappa shape index (κ1) is 17.6. The molecule has 0 bridgehead atoms. The first-order valence-electron chi connectivity index (χ1n) is 8.88. The zero-order chi connectivity index (χ0) is 19.6. The summed E-state index contributed by atoms with van der Waals surface area (Å²) in [6.45, 7) is 0. The Morgan fingerprint density at radius 2 is 1.93 bits per heavy atom. The summed E-state index contributed by atoms with van der Waals surface area (Å²) >= 11 is 3.12. The zero-order valence-electron chi connectivity index (χ0n) is 15.1. The number of benzene rings is 2. The molecule has 0 amide bonds. The van der Waals surface area contributed by atoms with E-state index in [1.807, 2.05) is 77.5 Å². The number of thiazole rings is 1. The summed E-state index contributed by atoms with van der Waals surface area (Å²) in [5.41, 5.74) is 4.10. The Morgan fingerprint density at radius 1 is 1.03 bits per heavy atom. The van der Waals surface area contributed by atoms with Gasteiger partial charge in [-0.1, -0.05) is 47.6 Å². The normalized spacial score (nSPS) is 11.6. The van der Waals surface area contributed by atoms with Crippen molar-refractivity contribution in [3.8, 4) is 28.0 Å². The van der Waals surface area contributed by atoms with Gasteiger partial charge in [0.1, 0.15) is 16.6 Å². The van der Waals surface area contributed by atoms with Crippen molar-refractivity contribution < 1.29 is 4.52 Å². The molecule has 2 aromatic carbocycles. The van der Waals surface area contributed by atoms with Gasteiger partial charge in [0, 0.05) is 10.9 Å². The molecule has 138 valence electrons. The Kier molecular flexibility index (Phi) is 4.53. The molecule has 0 atom stereocenters. The molecule has 5 aromatic rings. The molecule has 0 unspecified atom stereocenters. The van der Waals surface area contributed by atoms with Crippen molar-refractivity contribution in [1.29, 1.82) is 5.26 Å². The van der Waals surface area contributed by atoms with Crippen LogP contribution in [0.3, 0.4) is 0 Å². The van der Waals surface area contributed by atoms with Gasteiger partial charge in [-0.15, -0.1) is 22.7 Å². The van der Waals surface area contributed by atoms with Gasteiger partial charge < -0.3 is 4.52 Å². The summed E-state index contributed by atoms with van der Waals surface area (Å²) in [4.78, 5) is 5.74. The second-order valence-electron chi connectivity index (χ2n) is 6.34. The van der Waals surface area contributed by atoms with Crippen LogP contribution in [0.1, 0.15) is 10.6 Å². The van der Waals surface area contributed by atoms with Crippen LogP contribution in [-0.4, -0.2) is 10.1 Å². The van der Waals surface area contributed by atoms with Gasteiger partial charge in [-0.05, 0) is 35.2 Å². The van der Waals surface area contributed by atoms with Crippen LogP contribution in [0.2, 0.25) is 0 Å². The van der Waals surface area contributed by atoms with Crippen molar-refractivity contribution in [2.45, 2.75) is 0 Å². The van der Waals surface area contributed by atoms with E-state index in [0.29, 0.717) is 10.6 Å². The lowest BCUT2D eigenvalue weighted by atomic mass is 10.0. The van der Waals surface area contributed by atoms with E-state index in [9.17, 15) is 5.26 Å². The van der Waals surface area contributed by atoms with E-state index in [4.69, 9.17) is 4.52 Å². The van der Waals surface area contributed by atoms with E-state index in [-0.39, 0.29) is 0 Å². The third kappa shape index (κ3) is 3.38. The Labute approximate surface area is 175 Å². The van der Waals surface area contributed by atoms with Crippen LogP contribution in [0.4, 0.5) is 0 Å². The number of nitrogens with zero attached hydrogens (tertiary/aromatic N) is 3. The molecule has 3 aromatic heterocycles. The van der Waals surface area contributed by atoms with Crippen molar-refractivity contribution in [1.82, 2.24) is 10.1 Å². The number of hydrogen-bond donors (Lipinski definition) is 0. The number of nitriles is 1. The van der Waals surface area contributed by atoms with Crippen LogP contribution < -0.4 is 0 Å². The third-order valence-corrected chi connectivity index (χ3v) is 6.24. The van der Waals surface area contributed by atoms with Gasteiger partial charge in [0.2, 0.25) is 0 Å². The molecular weight excluding hydrogens is 398 g/mol. The summed E-state index contributed by atoms with van der Waals surface area (Å²) < 4.78 is 5.57. The lowest BCUT2D eigenvalue weighted by Crippen LogP contribution is -1.82. The molecule has 3 heterocycles. The first-order chi connectivity index (χ1) is 14.3. The van der Waals surface area contributed by atoms with E-state index in [1.54, 1.807) is 11.3 Å². The molecule has 5 rings (SSSR count). The summed E-state index contributed by atoms with van der Waals surface area (Å²) in [5.74, 6) is 0.726. The number of fused-ring (bicyclic) bond motifs is 1. The molecule has 0 aliphatic rings. The molecule has 0 N–H and O–H groups in total. The van der Waals surface area contributed by atoms with Gasteiger partial charge in [0.05, 0.1) is 21.5 Å². The quantitative estimate of drug-likeness (QED) is 0.307. The van der Waals surface area contributed by atoms with E-state index < -0.39 is 0 Å². The molecule has 0 fully saturated rings. The number of rotatable bonds is 4. The van der Waals surface area contributed by atoms with Crippen LogP contribution in [0.5, 0.6) is 0 Å². The topological polar surface area (TPSA) is 62.7 Å². The number of allylic oxidation sites excluding steroid dienone is 1. The SMILES string of the molecule is N#CC(=Cc1ccc2noc(-c3ccccc3)c2c1)c1nc(-c2cccs2)cs1. The highest BCUT2D eigenvalue weighted by Crippen LogP contribution is 2.32. The minimum Gasteiger partial charge on any atom is -0.355 e. The summed E-state index contributed by atoms with van der Waals surface area (Å²) in [7, 11) is 0. The van der Waals surface area contributed by atoms with Crippen LogP contribution in [0, 0.1) is 11.3 Å². The molecular formula is C23H13N3OS2. The fourth-order valence-electron chi connectivity index (χ4n) is 3.09. The second kappa shape index (κ2) is 7.47. The summed E-state index contributed by atoms with van der Waals surface area (Å²) in [5, 5.41) is 19.5. The van der Waals surface area contributed by atoms with Crippen molar-refractivity contribution >= 4 is 45.2 Å². The van der Waals surface area contributed by atoms with Gasteiger partial charge in [-0.2, -0.15) is 5.26 Å². The molecule has 0 spiro atoms. The largest absolute Gasteiger partial charge is 0.355 e. The molecule has 0 aliphatic heterocycles. The van der Waals surface area contributed by atoms with Crippen molar-refractivity contribution in [3.63, 3.8) is 0 Å². The molecule has 4 nitrogen and oxygen atoms in total. The monoisotopic (exact) mass is 411 g/mol. The van der Waals surface area contributed by atoms with Crippen LogP contribution >= 0.6 is 22.7 Å². The predicted octanol–water partition coefficient (Wildman–Crippen LogP) is 6.74. The Hall–Kier alpha value is -3.53. The maximum absolute atomic E-state index is 9.71. The summed E-state index contributed by atoms with van der Waals surface area (Å²) in [6.07, 6.45) is 1.86. The Bertz CT molecular complexity index is 1360. The molecule has 0 saturated heterocycles. The van der Waals surface area contributed by atoms with Crippen LogP contribution in [0.25, 0.3) is 44.4 Å². The second-order valence-corrected chi connectivity index (χ2v) is 8.15. The van der Waals surface area contributed by atoms with Gasteiger partial charge in [-0.3, -0.25) is 0 Å². The first-order valence-corrected chi connectivity index (χ1v) is 10.6. The minimum atomic E-state index is 0.537. The Morgan fingerprint density at radius 3 is 2.72 bits per heavy atom. The van der Waals surface area contributed by atoms with Crippen molar-refractivity contribution in [2.24, 2.45) is 0 Å². The number of thiophene rings is 1. The van der Waals surface area contributed by atoms with E-state index in [2.05, 4.69) is 16.2 Å². The Balaban J connectivity index is 1.54. The van der Waals surface area contributed by atoms with Crippen LogP contribution in [-0.2, 0) is 0 Å². The van der Waals surface area contributed by atoms with Crippen molar-refractivity contribution in [3.05, 3.63) is 82.0 Å². The highest BCUT2D eigenvalue weighted by atomic mass is 32.1. The fourth-order valence-corrected chi connectivity index (χ4v) is 4.64. The third-order valence-electron chi connectivity index (χ3n) is 4.48. The van der Waals surface area contributed by atoms with E-state index in [0.717, 1.165) is 38.4 Å². The number of aromatic nitrogens is 2. The lowest BCUT2D eigenvalue weighted by molar-refractivity contribution is 0.441. The molecule has 29 heavy (non-hydrogen) atoms. The lowest BCUT2D eigenvalue weighted by Gasteiger charge is -1.99. The standard InChI is InChI=1S/C23H13N3OS2/c24-13-17(23-25-20(14-29-23)21-7-4-10-28-21)11-15-8-9-19-18(12-15)22(27-26-19)16-5-2-1-3-6-16/h1-12,14H. The smallest absolute Gasteiger partial charge is 0.174 e. The maximum Gasteiger partial charge on any atom is 0.174 e. The number of hydrogen-bond acceptors (Lipinski definition) is 6. The predicted molar refractivity (Wildman–Crippen MR) is 118 cm³/mol. The van der Waals surface area contributed by atoms with Gasteiger partial charge in [0.15, 0.2) is 5.76 Å². The van der Waals surface area contributed by atoms with Gasteiger partial charge in [-0.25, -0.2) is 4.98 Å². The molecule has 0 aliphatic carbocycles. The zero-order valence-corrected chi connectivity index (χ0v) is 16.7. The van der Waals surface area contributed by atoms with Gasteiger partial charge in [0.25, 0.3) is 0 Å². The average Bonchev–Trinajstić information content (AvgIpc) is 3.52. The summed E-state index contributed by atoms with van der Waals surface area (Å²) in [6, 6.07) is 22.0. The molecule has 0 saturated carbocycles. The highest BCUT2D eigenvalue weighted by molar-refractivity contribution is 7.14. The van der Waals surface area contributed by atoms with Gasteiger partial charge >= 0.3 is 0 Å². The van der Waals surface area contributed by atoms with E-state index in [1.165, 1.54) is 11.3 Å². The fraction of sp³-hybridized carbons (Fsp3) is 0.